The summed E-state index contributed by atoms with van der Waals surface area (Å²) in [5.41, 5.74) is 9.01. The first-order valence-corrected chi connectivity index (χ1v) is 6.20. The molecule has 0 unspecified atom stereocenters. The number of amides is 1. The summed E-state index contributed by atoms with van der Waals surface area (Å²) in [7, 11) is 0. The molecule has 0 radical (unpaired) electrons. The maximum atomic E-state index is 11.9. The molecule has 1 aromatic heterocycles. The maximum Gasteiger partial charge on any atom is 0.284 e. The van der Waals surface area contributed by atoms with E-state index in [1.807, 2.05) is 5.01 Å². The predicted octanol–water partition coefficient (Wildman–Crippen LogP) is 0.307. The van der Waals surface area contributed by atoms with E-state index in [4.69, 9.17) is 10.9 Å². The van der Waals surface area contributed by atoms with Crippen LogP contribution in [0, 0.1) is 0 Å². The Bertz CT molecular complexity index is 466. The third kappa shape index (κ3) is 3.41. The summed E-state index contributed by atoms with van der Waals surface area (Å²) in [4.78, 5) is 15.9. The van der Waals surface area contributed by atoms with Gasteiger partial charge in [-0.1, -0.05) is 11.6 Å². The molecule has 1 fully saturated rings. The van der Waals surface area contributed by atoms with Crippen LogP contribution in [0.1, 0.15) is 35.3 Å². The van der Waals surface area contributed by atoms with E-state index in [2.05, 4.69) is 15.6 Å². The van der Waals surface area contributed by atoms with Crippen LogP contribution in [0.2, 0.25) is 0 Å². The second-order valence-corrected chi connectivity index (χ2v) is 4.41. The highest BCUT2D eigenvalue weighted by Gasteiger charge is 2.14. The highest BCUT2D eigenvalue weighted by molar-refractivity contribution is 5.98. The summed E-state index contributed by atoms with van der Waals surface area (Å²) in [6.45, 7) is 1.74. The molecule has 0 aliphatic carbocycles. The van der Waals surface area contributed by atoms with Gasteiger partial charge in [0.1, 0.15) is 5.69 Å². The van der Waals surface area contributed by atoms with Gasteiger partial charge in [0.15, 0.2) is 5.84 Å². The Kier molecular flexibility index (Phi) is 4.30. The molecule has 0 aromatic carbocycles. The van der Waals surface area contributed by atoms with Gasteiger partial charge in [0, 0.05) is 24.8 Å². The first kappa shape index (κ1) is 13.3. The molecule has 102 valence electrons. The number of oxime groups is 1. The molecule has 2 rings (SSSR count). The number of nitrogens with zero attached hydrogens (tertiary/aromatic N) is 3. The SMILES string of the molecule is N/C(=N/O)c1ccc(C(=O)NN2CCCCC2)nc1. The number of hydrogen-bond donors (Lipinski definition) is 3. The van der Waals surface area contributed by atoms with Gasteiger partial charge in [0.05, 0.1) is 0 Å². The van der Waals surface area contributed by atoms with Crippen LogP contribution in [0.4, 0.5) is 0 Å². The molecule has 1 amide bonds. The van der Waals surface area contributed by atoms with Gasteiger partial charge < -0.3 is 10.9 Å². The number of hydrogen-bond acceptors (Lipinski definition) is 5. The van der Waals surface area contributed by atoms with Crippen molar-refractivity contribution < 1.29 is 10.0 Å². The van der Waals surface area contributed by atoms with Crippen molar-refractivity contribution in [2.45, 2.75) is 19.3 Å². The van der Waals surface area contributed by atoms with E-state index in [0.717, 1.165) is 25.9 Å². The molecule has 7 nitrogen and oxygen atoms in total. The number of nitrogens with one attached hydrogen (secondary N) is 1. The molecular formula is C12H17N5O2. The van der Waals surface area contributed by atoms with Gasteiger partial charge in [-0.15, -0.1) is 0 Å². The number of hydrazine groups is 1. The molecule has 0 saturated carbocycles. The first-order chi connectivity index (χ1) is 9.20. The van der Waals surface area contributed by atoms with Gasteiger partial charge in [-0.05, 0) is 25.0 Å². The van der Waals surface area contributed by atoms with Crippen LogP contribution >= 0.6 is 0 Å². The van der Waals surface area contributed by atoms with E-state index in [1.165, 1.54) is 12.6 Å². The largest absolute Gasteiger partial charge is 0.409 e. The second-order valence-electron chi connectivity index (χ2n) is 4.41. The summed E-state index contributed by atoms with van der Waals surface area (Å²) < 4.78 is 0. The van der Waals surface area contributed by atoms with Crippen molar-refractivity contribution in [3.8, 4) is 0 Å². The lowest BCUT2D eigenvalue weighted by Crippen LogP contribution is -2.45. The third-order valence-corrected chi connectivity index (χ3v) is 3.02. The van der Waals surface area contributed by atoms with E-state index in [9.17, 15) is 4.79 Å². The number of nitrogens with two attached hydrogens (primary N) is 1. The van der Waals surface area contributed by atoms with Crippen molar-refractivity contribution in [3.05, 3.63) is 29.6 Å². The van der Waals surface area contributed by atoms with Crippen molar-refractivity contribution in [1.82, 2.24) is 15.4 Å². The van der Waals surface area contributed by atoms with Gasteiger partial charge in [-0.2, -0.15) is 0 Å². The van der Waals surface area contributed by atoms with Crippen LogP contribution in [0.25, 0.3) is 0 Å². The fraction of sp³-hybridized carbons (Fsp3) is 0.417. The number of rotatable bonds is 3. The fourth-order valence-corrected chi connectivity index (χ4v) is 1.94. The minimum Gasteiger partial charge on any atom is -0.409 e. The normalized spacial score (nSPS) is 17.2. The van der Waals surface area contributed by atoms with E-state index in [1.54, 1.807) is 12.1 Å². The minimum absolute atomic E-state index is 0.0320. The van der Waals surface area contributed by atoms with E-state index < -0.39 is 0 Å². The summed E-state index contributed by atoms with van der Waals surface area (Å²) in [6.07, 6.45) is 4.80. The fourth-order valence-electron chi connectivity index (χ4n) is 1.94. The zero-order chi connectivity index (χ0) is 13.7. The standard InChI is InChI=1S/C12H17N5O2/c13-11(16-19)9-4-5-10(14-8-9)12(18)15-17-6-2-1-3-7-17/h4-5,8,19H,1-3,6-7H2,(H2,13,16)(H,15,18). The average Bonchev–Trinajstić information content (AvgIpc) is 2.47. The van der Waals surface area contributed by atoms with Gasteiger partial charge in [0.25, 0.3) is 5.91 Å². The molecule has 1 aromatic rings. The smallest absolute Gasteiger partial charge is 0.284 e. The maximum absolute atomic E-state index is 11.9. The monoisotopic (exact) mass is 263 g/mol. The molecule has 0 spiro atoms. The van der Waals surface area contributed by atoms with Crippen LogP contribution in [0.5, 0.6) is 0 Å². The number of amidine groups is 1. The van der Waals surface area contributed by atoms with Crippen LogP contribution in [-0.4, -0.2) is 40.0 Å². The molecule has 19 heavy (non-hydrogen) atoms. The lowest BCUT2D eigenvalue weighted by atomic mass is 10.2. The van der Waals surface area contributed by atoms with Crippen LogP contribution in [-0.2, 0) is 0 Å². The predicted molar refractivity (Wildman–Crippen MR) is 69.6 cm³/mol. The topological polar surface area (TPSA) is 104 Å². The molecule has 1 aliphatic heterocycles. The number of carbonyl (C=O) groups is 1. The van der Waals surface area contributed by atoms with Crippen molar-refractivity contribution in [2.24, 2.45) is 10.9 Å². The molecule has 7 heteroatoms. The minimum atomic E-state index is -0.243. The van der Waals surface area contributed by atoms with E-state index in [-0.39, 0.29) is 11.7 Å². The van der Waals surface area contributed by atoms with Crippen molar-refractivity contribution in [2.75, 3.05) is 13.1 Å². The Morgan fingerprint density at radius 1 is 1.37 bits per heavy atom. The highest BCUT2D eigenvalue weighted by atomic mass is 16.4. The number of pyridine rings is 1. The van der Waals surface area contributed by atoms with Crippen LogP contribution in [0.3, 0.4) is 0 Å². The Hall–Kier alpha value is -2.15. The summed E-state index contributed by atoms with van der Waals surface area (Å²) in [6, 6.07) is 3.14. The molecule has 1 saturated heterocycles. The molecule has 2 heterocycles. The van der Waals surface area contributed by atoms with Gasteiger partial charge >= 0.3 is 0 Å². The average molecular weight is 263 g/mol. The van der Waals surface area contributed by atoms with E-state index in [0.29, 0.717) is 11.3 Å². The van der Waals surface area contributed by atoms with Crippen molar-refractivity contribution in [3.63, 3.8) is 0 Å². The third-order valence-electron chi connectivity index (χ3n) is 3.02. The molecular weight excluding hydrogens is 246 g/mol. The van der Waals surface area contributed by atoms with Gasteiger partial charge in [-0.25, -0.2) is 5.01 Å². The summed E-state index contributed by atoms with van der Waals surface area (Å²) >= 11 is 0. The lowest BCUT2D eigenvalue weighted by molar-refractivity contribution is 0.0745. The highest BCUT2D eigenvalue weighted by Crippen LogP contribution is 2.07. The Morgan fingerprint density at radius 2 is 2.11 bits per heavy atom. The zero-order valence-electron chi connectivity index (χ0n) is 10.5. The van der Waals surface area contributed by atoms with Crippen molar-refractivity contribution in [1.29, 1.82) is 0 Å². The molecule has 0 atom stereocenters. The van der Waals surface area contributed by atoms with Gasteiger partial charge in [-0.3, -0.25) is 15.2 Å². The molecule has 4 N–H and O–H groups in total. The number of piperidine rings is 1. The summed E-state index contributed by atoms with van der Waals surface area (Å²) in [5, 5.41) is 13.3. The molecule has 1 aliphatic rings. The first-order valence-electron chi connectivity index (χ1n) is 6.20. The Balaban J connectivity index is 1.99. The second kappa shape index (κ2) is 6.14. The van der Waals surface area contributed by atoms with Crippen LogP contribution < -0.4 is 11.2 Å². The quantitative estimate of drug-likeness (QED) is 0.315. The zero-order valence-corrected chi connectivity index (χ0v) is 10.5. The summed E-state index contributed by atoms with van der Waals surface area (Å²) in [5.74, 6) is -0.275. The van der Waals surface area contributed by atoms with Crippen molar-refractivity contribution >= 4 is 11.7 Å². The van der Waals surface area contributed by atoms with E-state index >= 15 is 0 Å². The molecule has 0 bridgehead atoms. The van der Waals surface area contributed by atoms with Gasteiger partial charge in [0.2, 0.25) is 0 Å². The lowest BCUT2D eigenvalue weighted by Gasteiger charge is -2.26. The van der Waals surface area contributed by atoms with Crippen LogP contribution in [0.15, 0.2) is 23.5 Å². The number of carbonyl (C=O) groups excluding carboxylic acids is 1. The Labute approximate surface area is 111 Å². The number of aromatic nitrogens is 1. The Morgan fingerprint density at radius 3 is 2.68 bits per heavy atom.